The van der Waals surface area contributed by atoms with Gasteiger partial charge in [0.15, 0.2) is 0 Å². The van der Waals surface area contributed by atoms with Gasteiger partial charge in [-0.25, -0.2) is 0 Å². The molecule has 130 valence electrons. The van der Waals surface area contributed by atoms with E-state index >= 15 is 0 Å². The molecular formula is C20H23N3O2. The summed E-state index contributed by atoms with van der Waals surface area (Å²) in [5.41, 5.74) is 1.50. The number of benzene rings is 1. The fourth-order valence-corrected chi connectivity index (χ4v) is 3.74. The highest BCUT2D eigenvalue weighted by molar-refractivity contribution is 5.92. The summed E-state index contributed by atoms with van der Waals surface area (Å²) in [4.78, 5) is 14.8. The van der Waals surface area contributed by atoms with Crippen molar-refractivity contribution < 1.29 is 9.53 Å². The number of fused-ring (bicyclic) bond motifs is 1. The fourth-order valence-electron chi connectivity index (χ4n) is 3.74. The highest BCUT2D eigenvalue weighted by Crippen LogP contribution is 2.37. The van der Waals surface area contributed by atoms with E-state index in [1.165, 1.54) is 0 Å². The minimum atomic E-state index is -0.297. The molecule has 0 bridgehead atoms. The number of rotatable bonds is 2. The maximum atomic E-state index is 12.9. The highest BCUT2D eigenvalue weighted by atomic mass is 16.5. The van der Waals surface area contributed by atoms with Crippen LogP contribution in [0.4, 0.5) is 0 Å². The molecule has 4 rings (SSSR count). The largest absolute Gasteiger partial charge is 0.483 e. The van der Waals surface area contributed by atoms with Crippen molar-refractivity contribution in [1.82, 2.24) is 14.7 Å². The summed E-state index contributed by atoms with van der Waals surface area (Å²) in [5.74, 6) is 1.01. The molecule has 5 heteroatoms. The van der Waals surface area contributed by atoms with Crippen molar-refractivity contribution >= 4 is 12.0 Å². The molecule has 1 atom stereocenters. The summed E-state index contributed by atoms with van der Waals surface area (Å²) in [7, 11) is 0. The first-order valence-electron chi connectivity index (χ1n) is 8.99. The Morgan fingerprint density at radius 2 is 2.12 bits per heavy atom. The molecule has 2 aromatic rings. The second kappa shape index (κ2) is 6.39. The molecular weight excluding hydrogens is 314 g/mol. The number of hydrogen-bond donors (Lipinski definition) is 0. The fraction of sp³-hybridized carbons (Fsp3) is 0.400. The smallest absolute Gasteiger partial charge is 0.272 e. The lowest BCUT2D eigenvalue weighted by Crippen LogP contribution is -2.38. The molecule has 1 amide bonds. The van der Waals surface area contributed by atoms with Crippen LogP contribution in [-0.4, -0.2) is 39.3 Å². The summed E-state index contributed by atoms with van der Waals surface area (Å²) >= 11 is 0. The van der Waals surface area contributed by atoms with E-state index in [1.54, 1.807) is 16.9 Å². The molecule has 5 nitrogen and oxygen atoms in total. The van der Waals surface area contributed by atoms with Gasteiger partial charge in [0.05, 0.1) is 0 Å². The molecule has 1 unspecified atom stereocenters. The van der Waals surface area contributed by atoms with Crippen LogP contribution in [0.15, 0.2) is 42.6 Å². The van der Waals surface area contributed by atoms with Gasteiger partial charge in [-0.3, -0.25) is 9.48 Å². The van der Waals surface area contributed by atoms with Crippen LogP contribution in [0.2, 0.25) is 0 Å². The first-order chi connectivity index (χ1) is 12.2. The number of likely N-dealkylation sites (tertiary alicyclic amines) is 1. The molecule has 1 fully saturated rings. The van der Waals surface area contributed by atoms with E-state index in [-0.39, 0.29) is 11.5 Å². The number of ether oxygens (including phenoxy) is 1. The first-order valence-corrected chi connectivity index (χ1v) is 8.99. The van der Waals surface area contributed by atoms with Crippen LogP contribution in [0, 0.1) is 0 Å². The molecule has 0 N–H and O–H groups in total. The lowest BCUT2D eigenvalue weighted by atomic mass is 9.91. The summed E-state index contributed by atoms with van der Waals surface area (Å²) in [6.45, 7) is 4.16. The Hall–Kier alpha value is -2.56. The van der Waals surface area contributed by atoms with Gasteiger partial charge in [0.1, 0.15) is 17.0 Å². The van der Waals surface area contributed by atoms with Gasteiger partial charge in [-0.2, -0.15) is 5.10 Å². The molecule has 0 aliphatic carbocycles. The van der Waals surface area contributed by atoms with Gasteiger partial charge < -0.3 is 9.64 Å². The topological polar surface area (TPSA) is 47.4 Å². The second-order valence-electron chi connectivity index (χ2n) is 6.72. The molecule has 0 radical (unpaired) electrons. The van der Waals surface area contributed by atoms with Crippen LogP contribution in [0.25, 0.3) is 6.08 Å². The third kappa shape index (κ3) is 2.95. The Morgan fingerprint density at radius 1 is 1.24 bits per heavy atom. The predicted octanol–water partition coefficient (Wildman–Crippen LogP) is 3.37. The molecule has 2 aliphatic heterocycles. The Labute approximate surface area is 147 Å². The Bertz CT molecular complexity index is 811. The van der Waals surface area contributed by atoms with Crippen molar-refractivity contribution in [3.05, 3.63) is 53.9 Å². The Morgan fingerprint density at radius 3 is 3.00 bits per heavy atom. The van der Waals surface area contributed by atoms with Crippen molar-refractivity contribution in [3.63, 3.8) is 0 Å². The van der Waals surface area contributed by atoms with E-state index in [0.29, 0.717) is 18.8 Å². The van der Waals surface area contributed by atoms with Crippen LogP contribution in [-0.2, 0) is 6.54 Å². The van der Waals surface area contributed by atoms with Crippen LogP contribution < -0.4 is 4.74 Å². The van der Waals surface area contributed by atoms with Gasteiger partial charge in [-0.15, -0.1) is 0 Å². The molecule has 1 aromatic heterocycles. The average molecular weight is 337 g/mol. The minimum absolute atomic E-state index is 0.0663. The van der Waals surface area contributed by atoms with Crippen molar-refractivity contribution in [2.75, 3.05) is 13.1 Å². The number of carbonyl (C=O) groups is 1. The van der Waals surface area contributed by atoms with Gasteiger partial charge in [0.2, 0.25) is 0 Å². The van der Waals surface area contributed by atoms with Crippen molar-refractivity contribution in [2.24, 2.45) is 0 Å². The number of para-hydroxylation sites is 1. The summed E-state index contributed by atoms with van der Waals surface area (Å²) < 4.78 is 8.12. The summed E-state index contributed by atoms with van der Waals surface area (Å²) in [6.07, 6.45) is 8.69. The summed E-state index contributed by atoms with van der Waals surface area (Å²) in [5, 5.41) is 4.22. The lowest BCUT2D eigenvalue weighted by Gasteiger charge is -2.34. The number of carbonyl (C=O) groups excluding carboxylic acids is 1. The van der Waals surface area contributed by atoms with E-state index in [4.69, 9.17) is 4.74 Å². The zero-order chi connectivity index (χ0) is 17.3. The molecule has 2 aliphatic rings. The van der Waals surface area contributed by atoms with Crippen molar-refractivity contribution in [1.29, 1.82) is 0 Å². The minimum Gasteiger partial charge on any atom is -0.483 e. The van der Waals surface area contributed by atoms with E-state index in [1.807, 2.05) is 30.0 Å². The van der Waals surface area contributed by atoms with E-state index in [2.05, 4.69) is 23.3 Å². The van der Waals surface area contributed by atoms with E-state index in [0.717, 1.165) is 37.1 Å². The Kier molecular flexibility index (Phi) is 4.07. The van der Waals surface area contributed by atoms with E-state index in [9.17, 15) is 4.79 Å². The maximum absolute atomic E-state index is 12.9. The van der Waals surface area contributed by atoms with Crippen LogP contribution >= 0.6 is 0 Å². The van der Waals surface area contributed by atoms with Gasteiger partial charge in [-0.1, -0.05) is 24.3 Å². The third-order valence-electron chi connectivity index (χ3n) is 5.15. The van der Waals surface area contributed by atoms with E-state index < -0.39 is 0 Å². The normalized spacial score (nSPS) is 22.4. The molecule has 1 saturated heterocycles. The van der Waals surface area contributed by atoms with Crippen molar-refractivity contribution in [3.8, 4) is 5.75 Å². The second-order valence-corrected chi connectivity index (χ2v) is 6.72. The molecule has 0 saturated carbocycles. The van der Waals surface area contributed by atoms with Gasteiger partial charge in [0, 0.05) is 37.8 Å². The third-order valence-corrected chi connectivity index (χ3v) is 5.15. The lowest BCUT2D eigenvalue weighted by molar-refractivity contribution is 0.0719. The quantitative estimate of drug-likeness (QED) is 0.844. The zero-order valence-corrected chi connectivity index (χ0v) is 14.5. The standard InChI is InChI=1S/C20H23N3O2/c1-2-23-17(9-13-21-23)19(24)22-14-5-10-20(12-15-22)11-8-16-6-3-4-7-18(16)25-20/h3-4,6-9,11,13H,2,5,10,12,14-15H2,1H3. The Balaban J connectivity index is 1.51. The molecule has 1 spiro atoms. The van der Waals surface area contributed by atoms with Gasteiger partial charge in [0.25, 0.3) is 5.91 Å². The monoisotopic (exact) mass is 337 g/mol. The average Bonchev–Trinajstić information content (AvgIpc) is 3.04. The van der Waals surface area contributed by atoms with Gasteiger partial charge in [-0.05, 0) is 38.0 Å². The zero-order valence-electron chi connectivity index (χ0n) is 14.5. The van der Waals surface area contributed by atoms with Crippen LogP contribution in [0.5, 0.6) is 5.75 Å². The van der Waals surface area contributed by atoms with Crippen LogP contribution in [0.1, 0.15) is 42.2 Å². The summed E-state index contributed by atoms with van der Waals surface area (Å²) in [6, 6.07) is 9.92. The number of amides is 1. The molecule has 3 heterocycles. The number of aromatic nitrogens is 2. The molecule has 1 aromatic carbocycles. The predicted molar refractivity (Wildman–Crippen MR) is 96.5 cm³/mol. The van der Waals surface area contributed by atoms with Crippen LogP contribution in [0.3, 0.4) is 0 Å². The highest BCUT2D eigenvalue weighted by Gasteiger charge is 2.36. The maximum Gasteiger partial charge on any atom is 0.272 e. The SMILES string of the molecule is CCn1nccc1C(=O)N1CCCC2(C=Cc3ccccc3O2)CC1. The number of nitrogens with zero attached hydrogens (tertiary/aromatic N) is 3. The van der Waals surface area contributed by atoms with Gasteiger partial charge >= 0.3 is 0 Å². The molecule has 25 heavy (non-hydrogen) atoms. The number of hydrogen-bond acceptors (Lipinski definition) is 3. The number of aryl methyl sites for hydroxylation is 1. The van der Waals surface area contributed by atoms with Crippen molar-refractivity contribution in [2.45, 2.75) is 38.3 Å². The first kappa shape index (κ1) is 15.9.